The maximum Gasteiger partial charge on any atom is 0.410 e. The number of ether oxygens (including phenoxy) is 3. The third-order valence-electron chi connectivity index (χ3n) is 7.96. The molecule has 3 heterocycles. The predicted octanol–water partition coefficient (Wildman–Crippen LogP) is 6.97. The second kappa shape index (κ2) is 18.4. The molecule has 0 saturated carbocycles. The van der Waals surface area contributed by atoms with Crippen LogP contribution in [-0.2, 0) is 32.2 Å². The summed E-state index contributed by atoms with van der Waals surface area (Å²) in [5.41, 5.74) is 8.46. The summed E-state index contributed by atoms with van der Waals surface area (Å²) in [6, 6.07) is 20.4. The summed E-state index contributed by atoms with van der Waals surface area (Å²) in [5, 5.41) is 6.90. The highest BCUT2D eigenvalue weighted by molar-refractivity contribution is 5.81. The lowest BCUT2D eigenvalue weighted by molar-refractivity contribution is -0.148. The van der Waals surface area contributed by atoms with Crippen LogP contribution in [0.25, 0.3) is 0 Å². The van der Waals surface area contributed by atoms with E-state index in [4.69, 9.17) is 19.9 Å². The number of benzene rings is 2. The molecule has 3 N–H and O–H groups in total. The van der Waals surface area contributed by atoms with E-state index in [2.05, 4.69) is 24.0 Å². The number of aromatic nitrogens is 2. The minimum Gasteiger partial charge on any atom is -0.467 e. The molecule has 11 heteroatoms. The summed E-state index contributed by atoms with van der Waals surface area (Å²) in [4.78, 5) is 39.9. The molecule has 2 aliphatic heterocycles. The van der Waals surface area contributed by atoms with Crippen molar-refractivity contribution in [3.63, 3.8) is 0 Å². The van der Waals surface area contributed by atoms with Gasteiger partial charge in [-0.05, 0) is 48.6 Å². The van der Waals surface area contributed by atoms with E-state index in [1.54, 1.807) is 11.0 Å². The number of amides is 2. The first kappa shape index (κ1) is 37.6. The fourth-order valence-corrected chi connectivity index (χ4v) is 5.54. The Labute approximate surface area is 273 Å². The van der Waals surface area contributed by atoms with Crippen molar-refractivity contribution in [3.8, 4) is 0 Å². The second-order valence-corrected chi connectivity index (χ2v) is 11.6. The van der Waals surface area contributed by atoms with E-state index in [1.165, 1.54) is 12.0 Å². The first-order valence-corrected chi connectivity index (χ1v) is 15.1. The van der Waals surface area contributed by atoms with Crippen LogP contribution in [0, 0.1) is 11.8 Å². The number of nitrogens with one attached hydrogen (secondary N) is 1. The number of rotatable bonds is 6. The Morgan fingerprint density at radius 3 is 1.80 bits per heavy atom. The largest absolute Gasteiger partial charge is 0.467 e. The maximum absolute atomic E-state index is 12.5. The fourth-order valence-electron chi connectivity index (χ4n) is 5.54. The van der Waals surface area contributed by atoms with Gasteiger partial charge in [-0.3, -0.25) is 14.9 Å². The molecule has 5 rings (SSSR count). The summed E-state index contributed by atoms with van der Waals surface area (Å²) in [7, 11) is 1.34. The number of H-pyrrole nitrogens is 1. The van der Waals surface area contributed by atoms with E-state index in [-0.39, 0.29) is 46.2 Å². The van der Waals surface area contributed by atoms with Gasteiger partial charge < -0.3 is 19.9 Å². The summed E-state index contributed by atoms with van der Waals surface area (Å²) < 4.78 is 15.6. The van der Waals surface area contributed by atoms with Crippen LogP contribution < -0.4 is 5.73 Å². The number of hydrogen-bond donors (Lipinski definition) is 2. The van der Waals surface area contributed by atoms with Crippen LogP contribution in [0.1, 0.15) is 77.2 Å². The maximum atomic E-state index is 12.5. The molecule has 2 amide bonds. The number of carbonyl (C=O) groups is 3. The molecule has 2 fully saturated rings. The van der Waals surface area contributed by atoms with Gasteiger partial charge in [0, 0.05) is 19.2 Å². The number of nitrogen functional groups attached to an aromatic ring is 1. The molecule has 0 unspecified atom stereocenters. The molecule has 252 valence electrons. The minimum absolute atomic E-state index is 0. The Bertz CT molecular complexity index is 1350. The van der Waals surface area contributed by atoms with Crippen molar-refractivity contribution in [2.75, 3.05) is 25.9 Å². The number of likely N-dealkylation sites (tertiary alicyclic amines) is 2. The van der Waals surface area contributed by atoms with Gasteiger partial charge >= 0.3 is 18.2 Å². The van der Waals surface area contributed by atoms with Gasteiger partial charge in [-0.25, -0.2) is 14.4 Å². The normalized spacial score (nSPS) is 20.5. The van der Waals surface area contributed by atoms with Gasteiger partial charge in [0.2, 0.25) is 0 Å². The number of carbonyl (C=O) groups excluding carboxylic acids is 3. The van der Waals surface area contributed by atoms with Crippen molar-refractivity contribution in [2.45, 2.75) is 79.7 Å². The van der Waals surface area contributed by atoms with E-state index in [1.807, 2.05) is 60.7 Å². The summed E-state index contributed by atoms with van der Waals surface area (Å²) in [6.07, 6.45) is 2.71. The number of methoxy groups -OCH3 is 1. The third-order valence-corrected chi connectivity index (χ3v) is 7.96. The Hall–Kier alpha value is -4.54. The molecule has 3 aromatic rings. The Kier molecular flexibility index (Phi) is 15.1. The number of esters is 1. The van der Waals surface area contributed by atoms with Crippen molar-refractivity contribution < 1.29 is 28.6 Å². The first-order valence-electron chi connectivity index (χ1n) is 15.1. The SMILES string of the molecule is C.C.COC(=O)[C@@H]1CC[C@H](C)CN1C(=O)OCc1ccccc1.C[C@H]1CC[C@@H](c2cc(N)n[nH]2)N(C(=O)OCc2ccccc2)C1. The van der Waals surface area contributed by atoms with Gasteiger partial charge in [0.15, 0.2) is 0 Å². The molecule has 1 aromatic heterocycles. The zero-order valence-electron chi connectivity index (χ0n) is 25.7. The van der Waals surface area contributed by atoms with Gasteiger partial charge in [0.1, 0.15) is 25.1 Å². The lowest BCUT2D eigenvalue weighted by Gasteiger charge is -2.37. The number of nitrogens with two attached hydrogens (primary N) is 1. The second-order valence-electron chi connectivity index (χ2n) is 11.6. The first-order chi connectivity index (χ1) is 21.2. The van der Waals surface area contributed by atoms with E-state index < -0.39 is 12.1 Å². The van der Waals surface area contributed by atoms with Crippen molar-refractivity contribution in [2.24, 2.45) is 11.8 Å². The summed E-state index contributed by atoms with van der Waals surface area (Å²) in [5.74, 6) is 0.876. The molecule has 11 nitrogen and oxygen atoms in total. The molecule has 0 radical (unpaired) electrons. The molecule has 0 aliphatic carbocycles. The Morgan fingerprint density at radius 1 is 0.804 bits per heavy atom. The highest BCUT2D eigenvalue weighted by Gasteiger charge is 2.36. The van der Waals surface area contributed by atoms with Crippen LogP contribution in [0.5, 0.6) is 0 Å². The molecular weight excluding hydrogens is 586 g/mol. The van der Waals surface area contributed by atoms with Gasteiger partial charge in [-0.2, -0.15) is 5.10 Å². The number of anilines is 1. The van der Waals surface area contributed by atoms with E-state index in [0.29, 0.717) is 37.2 Å². The zero-order valence-corrected chi connectivity index (χ0v) is 25.7. The van der Waals surface area contributed by atoms with Crippen molar-refractivity contribution >= 4 is 24.0 Å². The van der Waals surface area contributed by atoms with Gasteiger partial charge in [-0.15, -0.1) is 0 Å². The fraction of sp³-hybridized carbons (Fsp3) is 0.486. The molecule has 4 atom stereocenters. The smallest absolute Gasteiger partial charge is 0.410 e. The van der Waals surface area contributed by atoms with Crippen LogP contribution in [0.3, 0.4) is 0 Å². The average molecular weight is 638 g/mol. The third kappa shape index (κ3) is 10.5. The highest BCUT2D eigenvalue weighted by Crippen LogP contribution is 2.33. The number of hydrogen-bond acceptors (Lipinski definition) is 8. The Morgan fingerprint density at radius 2 is 1.30 bits per heavy atom. The predicted molar refractivity (Wildman–Crippen MR) is 178 cm³/mol. The van der Waals surface area contributed by atoms with Gasteiger partial charge in [0.25, 0.3) is 0 Å². The molecule has 0 bridgehead atoms. The summed E-state index contributed by atoms with van der Waals surface area (Å²) in [6.45, 7) is 5.89. The zero-order chi connectivity index (χ0) is 31.5. The van der Waals surface area contributed by atoms with Crippen LogP contribution in [0.15, 0.2) is 66.7 Å². The van der Waals surface area contributed by atoms with Crippen LogP contribution in [0.2, 0.25) is 0 Å². The van der Waals surface area contributed by atoms with Gasteiger partial charge in [0.05, 0.1) is 18.8 Å². The molecule has 0 spiro atoms. The van der Waals surface area contributed by atoms with Crippen molar-refractivity contribution in [1.29, 1.82) is 0 Å². The standard InChI is InChI=1S/C17H22N4O2.C16H21NO4.2CH4/c1-12-7-8-15(14-9-16(18)20-19-14)21(10-12)17(22)23-11-13-5-3-2-4-6-13;1-12-8-9-14(15(18)20-2)17(10-12)16(19)21-11-13-6-4-3-5-7-13;;/h2-6,9,12,15H,7-8,10-11H2,1H3,(H3,18,19,20);3-7,12,14H,8-11H2,1-2H3;2*1H4/t12-,15-;12-,14-;;/m00../s1. The minimum atomic E-state index is -0.533. The molecule has 46 heavy (non-hydrogen) atoms. The highest BCUT2D eigenvalue weighted by atomic mass is 16.6. The number of aromatic amines is 1. The summed E-state index contributed by atoms with van der Waals surface area (Å²) >= 11 is 0. The quantitative estimate of drug-likeness (QED) is 0.218. The van der Waals surface area contributed by atoms with E-state index in [9.17, 15) is 14.4 Å². The van der Waals surface area contributed by atoms with Crippen LogP contribution >= 0.6 is 0 Å². The molecule has 2 saturated heterocycles. The van der Waals surface area contributed by atoms with E-state index >= 15 is 0 Å². The number of piperidine rings is 2. The van der Waals surface area contributed by atoms with Crippen LogP contribution in [0.4, 0.5) is 15.4 Å². The van der Waals surface area contributed by atoms with Crippen molar-refractivity contribution in [1.82, 2.24) is 20.0 Å². The average Bonchev–Trinajstić information content (AvgIpc) is 3.49. The van der Waals surface area contributed by atoms with Crippen molar-refractivity contribution in [3.05, 3.63) is 83.6 Å². The molecular formula is C35H51N5O6. The monoisotopic (exact) mass is 637 g/mol. The molecule has 2 aromatic carbocycles. The van der Waals surface area contributed by atoms with E-state index in [0.717, 1.165) is 36.1 Å². The molecule has 2 aliphatic rings. The lowest BCUT2D eigenvalue weighted by Crippen LogP contribution is -2.50. The lowest BCUT2D eigenvalue weighted by atomic mass is 9.93. The Balaban J connectivity index is 0.000000308. The van der Waals surface area contributed by atoms with Crippen LogP contribution in [-0.4, -0.2) is 64.4 Å². The van der Waals surface area contributed by atoms with Gasteiger partial charge in [-0.1, -0.05) is 89.4 Å². The topological polar surface area (TPSA) is 140 Å². The number of nitrogens with zero attached hydrogens (tertiary/aromatic N) is 3.